The maximum absolute atomic E-state index is 10.7. The van der Waals surface area contributed by atoms with Crippen molar-refractivity contribution in [3.8, 4) is 0 Å². The fourth-order valence-corrected chi connectivity index (χ4v) is 1.26. The van der Waals surface area contributed by atoms with Crippen LogP contribution in [0.15, 0.2) is 24.4 Å². The van der Waals surface area contributed by atoms with Gasteiger partial charge in [0.2, 0.25) is 0 Å². The van der Waals surface area contributed by atoms with Crippen LogP contribution in [0.2, 0.25) is 0 Å². The molecule has 0 bridgehead atoms. The lowest BCUT2D eigenvalue weighted by molar-refractivity contribution is -0.741. The molecule has 0 aliphatic carbocycles. The highest BCUT2D eigenvalue weighted by molar-refractivity contribution is 5.85. The molecule has 0 spiro atoms. The number of nitrogens with one attached hydrogen (secondary N) is 1. The molecule has 0 aromatic carbocycles. The van der Waals surface area contributed by atoms with E-state index in [1.165, 1.54) is 0 Å². The first kappa shape index (κ1) is 10.5. The average molecular weight is 194 g/mol. The van der Waals surface area contributed by atoms with Gasteiger partial charge in [0.15, 0.2) is 0 Å². The van der Waals surface area contributed by atoms with Crippen LogP contribution in [-0.2, 0) is 5.54 Å². The molecule has 1 aromatic heterocycles. The molecule has 4 heteroatoms. The molecule has 76 valence electrons. The maximum Gasteiger partial charge on any atom is 0.404 e. The average Bonchev–Trinajstić information content (AvgIpc) is 2.01. The van der Waals surface area contributed by atoms with Crippen LogP contribution in [0.1, 0.15) is 20.8 Å². The second-order valence-corrected chi connectivity index (χ2v) is 4.12. The van der Waals surface area contributed by atoms with E-state index in [2.05, 4.69) is 26.1 Å². The lowest BCUT2D eigenvalue weighted by atomic mass is 10.1. The number of carbonyl (C=O) groups is 1. The summed E-state index contributed by atoms with van der Waals surface area (Å²) in [6.45, 7) is 6.16. The molecule has 0 aliphatic heterocycles. The Morgan fingerprint density at radius 3 is 2.57 bits per heavy atom. The van der Waals surface area contributed by atoms with Crippen molar-refractivity contribution in [1.82, 2.24) is 0 Å². The predicted octanol–water partition coefficient (Wildman–Crippen LogP) is 1.22. The van der Waals surface area contributed by atoms with Crippen LogP contribution in [0.4, 0.5) is 10.6 Å². The largest absolute Gasteiger partial charge is 0.404 e. The topological polar surface area (TPSA) is 59.0 Å². The first-order valence-electron chi connectivity index (χ1n) is 4.49. The SMILES string of the molecule is CC(C)(C)[n+]1ccccc1NC(N)=O. The zero-order valence-corrected chi connectivity index (χ0v) is 8.74. The van der Waals surface area contributed by atoms with Crippen LogP contribution in [-0.4, -0.2) is 6.03 Å². The second kappa shape index (κ2) is 3.65. The van der Waals surface area contributed by atoms with Crippen molar-refractivity contribution in [2.24, 2.45) is 5.73 Å². The third-order valence-electron chi connectivity index (χ3n) is 1.83. The van der Waals surface area contributed by atoms with Gasteiger partial charge in [-0.2, -0.15) is 5.32 Å². The molecule has 1 heterocycles. The number of anilines is 1. The number of rotatable bonds is 1. The molecule has 0 unspecified atom stereocenters. The van der Waals surface area contributed by atoms with Crippen LogP contribution in [0.3, 0.4) is 0 Å². The van der Waals surface area contributed by atoms with E-state index < -0.39 is 6.03 Å². The van der Waals surface area contributed by atoms with Gasteiger partial charge in [-0.25, -0.2) is 9.36 Å². The lowest BCUT2D eigenvalue weighted by Crippen LogP contribution is -2.52. The minimum absolute atomic E-state index is 0.0843. The second-order valence-electron chi connectivity index (χ2n) is 4.12. The van der Waals surface area contributed by atoms with Crippen molar-refractivity contribution in [3.63, 3.8) is 0 Å². The first-order chi connectivity index (χ1) is 6.41. The van der Waals surface area contributed by atoms with Crippen LogP contribution in [0.25, 0.3) is 0 Å². The number of pyridine rings is 1. The molecular weight excluding hydrogens is 178 g/mol. The molecule has 0 atom stereocenters. The first-order valence-corrected chi connectivity index (χ1v) is 4.49. The zero-order valence-electron chi connectivity index (χ0n) is 8.74. The van der Waals surface area contributed by atoms with Gasteiger partial charge in [-0.3, -0.25) is 0 Å². The molecule has 4 nitrogen and oxygen atoms in total. The van der Waals surface area contributed by atoms with E-state index in [1.807, 2.05) is 29.0 Å². The summed E-state index contributed by atoms with van der Waals surface area (Å²) in [6, 6.07) is 5.04. The summed E-state index contributed by atoms with van der Waals surface area (Å²) in [5.41, 5.74) is 4.99. The molecule has 0 radical (unpaired) electrons. The summed E-state index contributed by atoms with van der Waals surface area (Å²) in [5, 5.41) is 2.58. The molecule has 0 aliphatic rings. The minimum Gasteiger partial charge on any atom is -0.331 e. The van der Waals surface area contributed by atoms with Crippen LogP contribution >= 0.6 is 0 Å². The monoisotopic (exact) mass is 194 g/mol. The van der Waals surface area contributed by atoms with Crippen LogP contribution in [0.5, 0.6) is 0 Å². The number of amides is 2. The fourth-order valence-electron chi connectivity index (χ4n) is 1.26. The highest BCUT2D eigenvalue weighted by atomic mass is 16.2. The molecule has 0 saturated carbocycles. The Hall–Kier alpha value is -1.58. The van der Waals surface area contributed by atoms with Crippen molar-refractivity contribution >= 4 is 11.8 Å². The Morgan fingerprint density at radius 1 is 1.43 bits per heavy atom. The molecule has 2 amide bonds. The number of hydrogen-bond acceptors (Lipinski definition) is 1. The zero-order chi connectivity index (χ0) is 10.8. The molecule has 0 saturated heterocycles. The van der Waals surface area contributed by atoms with Gasteiger partial charge in [-0.15, -0.1) is 0 Å². The van der Waals surface area contributed by atoms with Crippen molar-refractivity contribution in [1.29, 1.82) is 0 Å². The molecule has 1 rings (SSSR count). The number of urea groups is 1. The van der Waals surface area contributed by atoms with Crippen molar-refractivity contribution in [3.05, 3.63) is 24.4 Å². The molecule has 3 N–H and O–H groups in total. The van der Waals surface area contributed by atoms with E-state index in [9.17, 15) is 4.79 Å². The van der Waals surface area contributed by atoms with E-state index in [0.717, 1.165) is 0 Å². The van der Waals surface area contributed by atoms with Crippen LogP contribution < -0.4 is 15.6 Å². The van der Waals surface area contributed by atoms with Gasteiger partial charge in [0.1, 0.15) is 5.54 Å². The van der Waals surface area contributed by atoms with Crippen molar-refractivity contribution in [2.45, 2.75) is 26.3 Å². The summed E-state index contributed by atoms with van der Waals surface area (Å²) < 4.78 is 1.96. The highest BCUT2D eigenvalue weighted by Crippen LogP contribution is 2.09. The fraction of sp³-hybridized carbons (Fsp3) is 0.400. The lowest BCUT2D eigenvalue weighted by Gasteiger charge is -2.19. The van der Waals surface area contributed by atoms with Gasteiger partial charge >= 0.3 is 6.03 Å². The van der Waals surface area contributed by atoms with Gasteiger partial charge in [-0.1, -0.05) is 6.07 Å². The molecule has 1 aromatic rings. The third kappa shape index (κ3) is 2.45. The predicted molar refractivity (Wildman–Crippen MR) is 54.8 cm³/mol. The number of aromatic nitrogens is 1. The number of nitrogens with zero attached hydrogens (tertiary/aromatic N) is 1. The van der Waals surface area contributed by atoms with Gasteiger partial charge in [0, 0.05) is 6.07 Å². The summed E-state index contributed by atoms with van der Waals surface area (Å²) in [6.07, 6.45) is 1.91. The van der Waals surface area contributed by atoms with Gasteiger partial charge < -0.3 is 5.73 Å². The number of nitrogens with two attached hydrogens (primary N) is 1. The molecule has 14 heavy (non-hydrogen) atoms. The van der Waals surface area contributed by atoms with E-state index in [1.54, 1.807) is 0 Å². The van der Waals surface area contributed by atoms with Crippen LogP contribution in [0, 0.1) is 0 Å². The molecular formula is C10H16N3O+. The Morgan fingerprint density at radius 2 is 2.07 bits per heavy atom. The summed E-state index contributed by atoms with van der Waals surface area (Å²) >= 11 is 0. The summed E-state index contributed by atoms with van der Waals surface area (Å²) in [7, 11) is 0. The number of hydrogen-bond donors (Lipinski definition) is 2. The van der Waals surface area contributed by atoms with Gasteiger partial charge in [0.05, 0.1) is 6.20 Å². The standard InChI is InChI=1S/C10H15N3O/c1-10(2,3)13-7-5-4-6-8(13)12-9(11)14/h4-7H,1-3H3,(H2,11,14)/p+1. The Bertz CT molecular complexity index is 341. The maximum atomic E-state index is 10.7. The van der Waals surface area contributed by atoms with E-state index in [0.29, 0.717) is 5.82 Å². The normalized spacial score (nSPS) is 11.1. The summed E-state index contributed by atoms with van der Waals surface area (Å²) in [5.74, 6) is 0.701. The number of carbonyl (C=O) groups excluding carboxylic acids is 1. The molecule has 0 fully saturated rings. The smallest absolute Gasteiger partial charge is 0.331 e. The highest BCUT2D eigenvalue weighted by Gasteiger charge is 2.22. The third-order valence-corrected chi connectivity index (χ3v) is 1.83. The Labute approximate surface area is 83.7 Å². The Balaban J connectivity index is 3.10. The van der Waals surface area contributed by atoms with Crippen molar-refractivity contribution < 1.29 is 9.36 Å². The quantitative estimate of drug-likeness (QED) is 0.649. The van der Waals surface area contributed by atoms with Gasteiger partial charge in [0.25, 0.3) is 5.82 Å². The van der Waals surface area contributed by atoms with Crippen molar-refractivity contribution in [2.75, 3.05) is 5.32 Å². The summed E-state index contributed by atoms with van der Waals surface area (Å²) in [4.78, 5) is 10.7. The van der Waals surface area contributed by atoms with Gasteiger partial charge in [-0.05, 0) is 26.8 Å². The van der Waals surface area contributed by atoms with E-state index in [4.69, 9.17) is 5.73 Å². The number of primary amides is 1. The van der Waals surface area contributed by atoms with E-state index >= 15 is 0 Å². The minimum atomic E-state index is -0.547. The van der Waals surface area contributed by atoms with E-state index in [-0.39, 0.29) is 5.54 Å². The Kier molecular flexibility index (Phi) is 2.74.